The molecule has 0 unspecified atom stereocenters. The maximum absolute atomic E-state index is 11.1. The fraction of sp³-hybridized carbons (Fsp3) is 0.0556. The van der Waals surface area contributed by atoms with Gasteiger partial charge in [0, 0.05) is 5.56 Å². The van der Waals surface area contributed by atoms with E-state index in [4.69, 9.17) is 15.3 Å². The highest BCUT2D eigenvalue weighted by Gasteiger charge is 2.08. The lowest BCUT2D eigenvalue weighted by Gasteiger charge is -2.09. The van der Waals surface area contributed by atoms with Gasteiger partial charge in [-0.25, -0.2) is 4.79 Å². The molecule has 4 heteroatoms. The van der Waals surface area contributed by atoms with E-state index in [0.29, 0.717) is 5.56 Å². The fourth-order valence-electron chi connectivity index (χ4n) is 2.50. The summed E-state index contributed by atoms with van der Waals surface area (Å²) in [5.41, 5.74) is 2.58. The van der Waals surface area contributed by atoms with Crippen molar-refractivity contribution < 1.29 is 20.1 Å². The van der Waals surface area contributed by atoms with E-state index in [1.807, 2.05) is 30.3 Å². The monoisotopic (exact) mass is 294 g/mol. The van der Waals surface area contributed by atoms with Crippen molar-refractivity contribution in [2.75, 3.05) is 0 Å². The van der Waals surface area contributed by atoms with E-state index in [1.54, 1.807) is 30.3 Å². The average Bonchev–Trinajstić information content (AvgIpc) is 2.53. The Morgan fingerprint density at radius 2 is 1.64 bits per heavy atom. The topological polar surface area (TPSA) is 77.8 Å². The van der Waals surface area contributed by atoms with E-state index in [0.717, 1.165) is 21.9 Å². The fourth-order valence-corrected chi connectivity index (χ4v) is 2.50. The van der Waals surface area contributed by atoms with Crippen molar-refractivity contribution in [1.82, 2.24) is 0 Å². The summed E-state index contributed by atoms with van der Waals surface area (Å²) >= 11 is 0. The van der Waals surface area contributed by atoms with Crippen LogP contribution in [0.15, 0.2) is 60.7 Å². The molecule has 0 aromatic heterocycles. The first kappa shape index (κ1) is 14.3. The molecule has 0 amide bonds. The van der Waals surface area contributed by atoms with Gasteiger partial charge in [0.25, 0.3) is 0 Å². The molecule has 0 fully saturated rings. The number of carbonyl (C=O) groups is 1. The molecule has 3 aromatic rings. The van der Waals surface area contributed by atoms with E-state index in [9.17, 15) is 4.79 Å². The molecule has 0 aliphatic carbocycles. The first-order valence-corrected chi connectivity index (χ1v) is 6.79. The summed E-state index contributed by atoms with van der Waals surface area (Å²) < 4.78 is 0. The Morgan fingerprint density at radius 1 is 0.909 bits per heavy atom. The molecule has 0 saturated carbocycles. The van der Waals surface area contributed by atoms with Crippen LogP contribution in [0, 0.1) is 0 Å². The summed E-state index contributed by atoms with van der Waals surface area (Å²) in [5.74, 6) is -0.950. The number of aliphatic hydroxyl groups excluding tert-OH is 1. The van der Waals surface area contributed by atoms with Crippen molar-refractivity contribution >= 4 is 16.7 Å². The maximum Gasteiger partial charge on any atom is 0.335 e. The van der Waals surface area contributed by atoms with Crippen LogP contribution < -0.4 is 0 Å². The van der Waals surface area contributed by atoms with Gasteiger partial charge < -0.3 is 15.3 Å². The normalized spacial score (nSPS) is 11.0. The van der Waals surface area contributed by atoms with Crippen molar-refractivity contribution in [1.29, 1.82) is 0 Å². The van der Waals surface area contributed by atoms with Crippen molar-refractivity contribution in [2.45, 2.75) is 6.29 Å². The Hall–Kier alpha value is -2.69. The number of carboxylic acids is 1. The van der Waals surface area contributed by atoms with Crippen molar-refractivity contribution in [3.05, 3.63) is 71.8 Å². The third-order valence-electron chi connectivity index (χ3n) is 3.65. The molecule has 0 atom stereocenters. The van der Waals surface area contributed by atoms with Gasteiger partial charge in [-0.1, -0.05) is 48.5 Å². The predicted molar refractivity (Wildman–Crippen MR) is 83.5 cm³/mol. The third-order valence-corrected chi connectivity index (χ3v) is 3.65. The Kier molecular flexibility index (Phi) is 3.63. The van der Waals surface area contributed by atoms with E-state index >= 15 is 0 Å². The standard InChI is InChI=1S/C18H14O4/c19-17(20)12-6-4-11(5-7-12)15-3-1-2-13-10-14(18(21)22)8-9-16(13)15/h1-10,17,19-20H,(H,21,22). The summed E-state index contributed by atoms with van der Waals surface area (Å²) in [6.07, 6.45) is -1.49. The van der Waals surface area contributed by atoms with Crippen LogP contribution in [0.5, 0.6) is 0 Å². The van der Waals surface area contributed by atoms with E-state index in [1.165, 1.54) is 0 Å². The molecule has 3 N–H and O–H groups in total. The second-order valence-corrected chi connectivity index (χ2v) is 5.04. The van der Waals surface area contributed by atoms with Crippen LogP contribution in [0.2, 0.25) is 0 Å². The van der Waals surface area contributed by atoms with Crippen LogP contribution in [0.25, 0.3) is 21.9 Å². The zero-order valence-corrected chi connectivity index (χ0v) is 11.6. The van der Waals surface area contributed by atoms with Gasteiger partial charge in [0.1, 0.15) is 0 Å². The number of hydrogen-bond acceptors (Lipinski definition) is 3. The molecule has 3 aromatic carbocycles. The first-order chi connectivity index (χ1) is 10.6. The summed E-state index contributed by atoms with van der Waals surface area (Å²) in [5, 5.41) is 29.1. The number of carboxylic acid groups (broad SMARTS) is 1. The number of aromatic carboxylic acids is 1. The molecule has 0 aliphatic heterocycles. The highest BCUT2D eigenvalue weighted by molar-refractivity contribution is 6.00. The summed E-state index contributed by atoms with van der Waals surface area (Å²) in [7, 11) is 0. The quantitative estimate of drug-likeness (QED) is 0.648. The maximum atomic E-state index is 11.1. The summed E-state index contributed by atoms with van der Waals surface area (Å²) in [4.78, 5) is 11.1. The SMILES string of the molecule is O=C(O)c1ccc2c(-c3ccc(C(O)O)cc3)cccc2c1. The molecule has 0 radical (unpaired) electrons. The molecule has 0 bridgehead atoms. The summed E-state index contributed by atoms with van der Waals surface area (Å²) in [6, 6.07) is 17.7. The number of aliphatic hydroxyl groups is 2. The minimum absolute atomic E-state index is 0.253. The highest BCUT2D eigenvalue weighted by Crippen LogP contribution is 2.30. The lowest BCUT2D eigenvalue weighted by molar-refractivity contribution is -0.0424. The average molecular weight is 294 g/mol. The molecule has 0 heterocycles. The number of rotatable bonds is 3. The minimum atomic E-state index is -1.49. The molecule has 0 spiro atoms. The van der Waals surface area contributed by atoms with Gasteiger partial charge >= 0.3 is 5.97 Å². The van der Waals surface area contributed by atoms with Crippen LogP contribution in [0.3, 0.4) is 0 Å². The van der Waals surface area contributed by atoms with E-state index in [2.05, 4.69) is 0 Å². The Balaban J connectivity index is 2.12. The summed E-state index contributed by atoms with van der Waals surface area (Å²) in [6.45, 7) is 0. The highest BCUT2D eigenvalue weighted by atomic mass is 16.5. The zero-order chi connectivity index (χ0) is 15.7. The Bertz CT molecular complexity index is 835. The van der Waals surface area contributed by atoms with E-state index in [-0.39, 0.29) is 5.56 Å². The van der Waals surface area contributed by atoms with Gasteiger partial charge in [-0.3, -0.25) is 0 Å². The Morgan fingerprint density at radius 3 is 2.27 bits per heavy atom. The number of hydrogen-bond donors (Lipinski definition) is 3. The van der Waals surface area contributed by atoms with Gasteiger partial charge in [0.15, 0.2) is 6.29 Å². The second kappa shape index (κ2) is 5.60. The lowest BCUT2D eigenvalue weighted by Crippen LogP contribution is -1.96. The van der Waals surface area contributed by atoms with Crippen LogP contribution in [0.1, 0.15) is 22.2 Å². The van der Waals surface area contributed by atoms with Crippen LogP contribution in [-0.4, -0.2) is 21.3 Å². The Labute approximate surface area is 126 Å². The predicted octanol–water partition coefficient (Wildman–Crippen LogP) is 3.19. The molecule has 0 saturated heterocycles. The molecular formula is C18H14O4. The molecule has 3 rings (SSSR count). The smallest absolute Gasteiger partial charge is 0.335 e. The van der Waals surface area contributed by atoms with Gasteiger partial charge in [-0.05, 0) is 34.0 Å². The largest absolute Gasteiger partial charge is 0.478 e. The van der Waals surface area contributed by atoms with Gasteiger partial charge in [-0.2, -0.15) is 0 Å². The van der Waals surface area contributed by atoms with Crippen molar-refractivity contribution in [3.63, 3.8) is 0 Å². The zero-order valence-electron chi connectivity index (χ0n) is 11.6. The molecule has 22 heavy (non-hydrogen) atoms. The van der Waals surface area contributed by atoms with Crippen LogP contribution >= 0.6 is 0 Å². The van der Waals surface area contributed by atoms with Crippen LogP contribution in [0.4, 0.5) is 0 Å². The molecule has 110 valence electrons. The van der Waals surface area contributed by atoms with E-state index < -0.39 is 12.3 Å². The molecule has 0 aliphatic rings. The minimum Gasteiger partial charge on any atom is -0.478 e. The van der Waals surface area contributed by atoms with Gasteiger partial charge in [-0.15, -0.1) is 0 Å². The lowest BCUT2D eigenvalue weighted by atomic mass is 9.96. The van der Waals surface area contributed by atoms with Gasteiger partial charge in [0.2, 0.25) is 0 Å². The number of benzene rings is 3. The molecule has 4 nitrogen and oxygen atoms in total. The van der Waals surface area contributed by atoms with Crippen molar-refractivity contribution in [3.8, 4) is 11.1 Å². The van der Waals surface area contributed by atoms with Crippen LogP contribution in [-0.2, 0) is 0 Å². The second-order valence-electron chi connectivity index (χ2n) is 5.04. The molecular weight excluding hydrogens is 280 g/mol. The van der Waals surface area contributed by atoms with Gasteiger partial charge in [0.05, 0.1) is 5.56 Å². The third kappa shape index (κ3) is 2.57. The van der Waals surface area contributed by atoms with Crippen molar-refractivity contribution in [2.24, 2.45) is 0 Å². The number of fused-ring (bicyclic) bond motifs is 1. The first-order valence-electron chi connectivity index (χ1n) is 6.79.